The van der Waals surface area contributed by atoms with Gasteiger partial charge in [-0.1, -0.05) is 18.2 Å². The molecule has 0 amide bonds. The minimum Gasteiger partial charge on any atom is -0.453 e. The number of non-ortho nitro benzene ring substituents is 1. The molecule has 1 unspecified atom stereocenters. The average Bonchev–Trinajstić information content (AvgIpc) is 2.89. The lowest BCUT2D eigenvalue weighted by Gasteiger charge is -2.12. The van der Waals surface area contributed by atoms with Crippen molar-refractivity contribution in [2.24, 2.45) is 10.9 Å². The molecule has 2 aromatic rings. The van der Waals surface area contributed by atoms with Gasteiger partial charge in [-0.2, -0.15) is 5.10 Å². The van der Waals surface area contributed by atoms with Crippen LogP contribution in [-0.2, 0) is 4.74 Å². The fourth-order valence-electron chi connectivity index (χ4n) is 2.57. The topological polar surface area (TPSA) is 108 Å². The molecule has 1 heterocycles. The van der Waals surface area contributed by atoms with Crippen molar-refractivity contribution in [3.05, 3.63) is 75.3 Å². The molecule has 0 aromatic heterocycles. The lowest BCUT2D eigenvalue weighted by Crippen LogP contribution is -2.11. The summed E-state index contributed by atoms with van der Waals surface area (Å²) in [5.41, 5.74) is 2.48. The van der Waals surface area contributed by atoms with Crippen LogP contribution in [0.1, 0.15) is 34.0 Å². The van der Waals surface area contributed by atoms with Crippen LogP contribution in [0.25, 0.3) is 0 Å². The van der Waals surface area contributed by atoms with Gasteiger partial charge < -0.3 is 10.6 Å². The molecule has 1 atom stereocenters. The number of nitrogens with zero attached hydrogens (tertiary/aromatic N) is 2. The molecule has 0 saturated carbocycles. The molecular formula is C16H13N3O4. The zero-order valence-corrected chi connectivity index (χ0v) is 12.0. The van der Waals surface area contributed by atoms with E-state index >= 15 is 0 Å². The lowest BCUT2D eigenvalue weighted by atomic mass is 9.98. The Balaban J connectivity index is 1.84. The number of rotatable bonds is 4. The van der Waals surface area contributed by atoms with E-state index in [0.29, 0.717) is 23.3 Å². The second kappa shape index (κ2) is 5.88. The molecule has 0 radical (unpaired) electrons. The zero-order chi connectivity index (χ0) is 16.4. The molecule has 0 spiro atoms. The summed E-state index contributed by atoms with van der Waals surface area (Å²) in [5, 5.41) is 14.4. The van der Waals surface area contributed by atoms with Crippen LogP contribution in [-0.4, -0.2) is 16.6 Å². The van der Waals surface area contributed by atoms with Crippen LogP contribution in [0.15, 0.2) is 53.6 Å². The molecule has 7 heteroatoms. The maximum atomic E-state index is 11.8. The second-order valence-electron chi connectivity index (χ2n) is 5.07. The van der Waals surface area contributed by atoms with Crippen molar-refractivity contribution in [3.8, 4) is 0 Å². The number of nitro groups is 1. The molecule has 0 saturated heterocycles. The number of carbonyl (C=O) groups excluding carboxylic acids is 1. The number of ether oxygens (including phenoxy) is 1. The minimum atomic E-state index is -0.474. The van der Waals surface area contributed by atoms with E-state index in [9.17, 15) is 14.9 Å². The van der Waals surface area contributed by atoms with Crippen LogP contribution in [0, 0.1) is 10.1 Å². The van der Waals surface area contributed by atoms with E-state index in [4.69, 9.17) is 10.6 Å². The molecular weight excluding hydrogens is 298 g/mol. The Morgan fingerprint density at radius 3 is 2.57 bits per heavy atom. The first-order chi connectivity index (χ1) is 11.1. The molecule has 23 heavy (non-hydrogen) atoms. The molecule has 2 aromatic carbocycles. The van der Waals surface area contributed by atoms with Gasteiger partial charge >= 0.3 is 5.97 Å². The maximum absolute atomic E-state index is 11.8. The number of fused-ring (bicyclic) bond motifs is 1. The highest BCUT2D eigenvalue weighted by molar-refractivity contribution is 6.02. The van der Waals surface area contributed by atoms with Crippen molar-refractivity contribution in [1.29, 1.82) is 0 Å². The summed E-state index contributed by atoms with van der Waals surface area (Å²) < 4.78 is 5.36. The molecule has 116 valence electrons. The highest BCUT2D eigenvalue weighted by Gasteiger charge is 2.31. The number of cyclic esters (lactones) is 1. The summed E-state index contributed by atoms with van der Waals surface area (Å²) in [6.45, 7) is 0. The number of hydrazone groups is 1. The first kappa shape index (κ1) is 14.7. The van der Waals surface area contributed by atoms with Gasteiger partial charge in [-0.25, -0.2) is 4.79 Å². The second-order valence-corrected chi connectivity index (χ2v) is 5.07. The van der Waals surface area contributed by atoms with Crippen LogP contribution in [0.5, 0.6) is 0 Å². The standard InChI is InChI=1S/C16H13N3O4/c17-18-14(10-5-7-11(8-6-10)19(21)22)9-15-12-3-1-2-4-13(12)16(20)23-15/h1-8,15H,9,17H2/b18-14-. The van der Waals surface area contributed by atoms with Gasteiger partial charge in [0.05, 0.1) is 16.2 Å². The number of nitrogens with two attached hydrogens (primary N) is 1. The Morgan fingerprint density at radius 1 is 1.22 bits per heavy atom. The van der Waals surface area contributed by atoms with Crippen molar-refractivity contribution in [3.63, 3.8) is 0 Å². The van der Waals surface area contributed by atoms with Gasteiger partial charge in [-0.3, -0.25) is 10.1 Å². The van der Waals surface area contributed by atoms with Crippen LogP contribution >= 0.6 is 0 Å². The Kier molecular flexibility index (Phi) is 3.76. The quantitative estimate of drug-likeness (QED) is 0.307. The lowest BCUT2D eigenvalue weighted by molar-refractivity contribution is -0.384. The Labute approximate surface area is 131 Å². The number of nitro benzene ring substituents is 1. The van der Waals surface area contributed by atoms with E-state index in [-0.39, 0.29) is 11.7 Å². The average molecular weight is 311 g/mol. The van der Waals surface area contributed by atoms with Gasteiger partial charge in [0, 0.05) is 24.1 Å². The third-order valence-corrected chi connectivity index (χ3v) is 3.72. The summed E-state index contributed by atoms with van der Waals surface area (Å²) in [6.07, 6.45) is -0.159. The molecule has 3 rings (SSSR count). The fourth-order valence-corrected chi connectivity index (χ4v) is 2.57. The van der Waals surface area contributed by atoms with Crippen molar-refractivity contribution in [2.45, 2.75) is 12.5 Å². The number of hydrogen-bond acceptors (Lipinski definition) is 6. The molecule has 0 bridgehead atoms. The van der Waals surface area contributed by atoms with E-state index in [1.165, 1.54) is 12.1 Å². The fraction of sp³-hybridized carbons (Fsp3) is 0.125. The van der Waals surface area contributed by atoms with Crippen LogP contribution in [0.3, 0.4) is 0 Å². The Bertz CT molecular complexity index is 799. The molecule has 1 aliphatic heterocycles. The molecule has 2 N–H and O–H groups in total. The summed E-state index contributed by atoms with van der Waals surface area (Å²) in [5.74, 6) is 5.08. The minimum absolute atomic E-state index is 0.0113. The van der Waals surface area contributed by atoms with E-state index in [1.54, 1.807) is 24.3 Å². The van der Waals surface area contributed by atoms with Gasteiger partial charge in [-0.05, 0) is 23.8 Å². The van der Waals surface area contributed by atoms with Gasteiger partial charge in [-0.15, -0.1) is 0 Å². The van der Waals surface area contributed by atoms with Crippen molar-refractivity contribution in [1.82, 2.24) is 0 Å². The Morgan fingerprint density at radius 2 is 1.91 bits per heavy atom. The number of benzene rings is 2. The van der Waals surface area contributed by atoms with Crippen LogP contribution < -0.4 is 5.84 Å². The van der Waals surface area contributed by atoms with Gasteiger partial charge in [0.15, 0.2) is 0 Å². The van der Waals surface area contributed by atoms with E-state index in [0.717, 1.165) is 5.56 Å². The zero-order valence-electron chi connectivity index (χ0n) is 12.0. The number of carbonyl (C=O) groups is 1. The Hall–Kier alpha value is -3.22. The number of hydrogen-bond donors (Lipinski definition) is 1. The van der Waals surface area contributed by atoms with Gasteiger partial charge in [0.2, 0.25) is 0 Å². The maximum Gasteiger partial charge on any atom is 0.339 e. The largest absolute Gasteiger partial charge is 0.453 e. The van der Waals surface area contributed by atoms with Crippen molar-refractivity contribution in [2.75, 3.05) is 0 Å². The molecule has 0 fully saturated rings. The van der Waals surface area contributed by atoms with Crippen LogP contribution in [0.2, 0.25) is 0 Å². The highest BCUT2D eigenvalue weighted by atomic mass is 16.6. The van der Waals surface area contributed by atoms with E-state index < -0.39 is 11.0 Å². The molecule has 1 aliphatic rings. The summed E-state index contributed by atoms with van der Waals surface area (Å²) in [4.78, 5) is 22.1. The predicted molar refractivity (Wildman–Crippen MR) is 83.0 cm³/mol. The molecule has 7 nitrogen and oxygen atoms in total. The predicted octanol–water partition coefficient (Wildman–Crippen LogP) is 2.56. The summed E-state index contributed by atoms with van der Waals surface area (Å²) >= 11 is 0. The molecule has 0 aliphatic carbocycles. The normalized spacial score (nSPS) is 16.8. The smallest absolute Gasteiger partial charge is 0.339 e. The van der Waals surface area contributed by atoms with Crippen molar-refractivity contribution < 1.29 is 14.5 Å². The first-order valence-electron chi connectivity index (χ1n) is 6.91. The van der Waals surface area contributed by atoms with Crippen molar-refractivity contribution >= 4 is 17.4 Å². The van der Waals surface area contributed by atoms with Gasteiger partial charge in [0.25, 0.3) is 5.69 Å². The summed E-state index contributed by atoms with van der Waals surface area (Å²) in [6, 6.07) is 13.1. The van der Waals surface area contributed by atoms with E-state index in [2.05, 4.69) is 5.10 Å². The highest BCUT2D eigenvalue weighted by Crippen LogP contribution is 2.33. The van der Waals surface area contributed by atoms with Crippen LogP contribution in [0.4, 0.5) is 5.69 Å². The monoisotopic (exact) mass is 311 g/mol. The first-order valence-corrected chi connectivity index (χ1v) is 6.91. The van der Waals surface area contributed by atoms with E-state index in [1.807, 2.05) is 12.1 Å². The summed E-state index contributed by atoms with van der Waals surface area (Å²) in [7, 11) is 0. The SMILES string of the molecule is N/N=C(/CC1OC(=O)c2ccccc21)c1ccc([N+](=O)[O-])cc1. The third-order valence-electron chi connectivity index (χ3n) is 3.72. The number of esters is 1. The van der Waals surface area contributed by atoms with Gasteiger partial charge in [0.1, 0.15) is 6.10 Å². The third kappa shape index (κ3) is 2.76.